The van der Waals surface area contributed by atoms with Crippen molar-refractivity contribution in [3.05, 3.63) is 34.6 Å². The Morgan fingerprint density at radius 3 is 2.82 bits per heavy atom. The van der Waals surface area contributed by atoms with E-state index in [4.69, 9.17) is 17.3 Å². The van der Waals surface area contributed by atoms with Crippen molar-refractivity contribution >= 4 is 29.9 Å². The first kappa shape index (κ1) is 14.2. The van der Waals surface area contributed by atoms with Gasteiger partial charge in [0, 0.05) is 19.1 Å². The minimum Gasteiger partial charge on any atom is -0.337 e. The van der Waals surface area contributed by atoms with Crippen LogP contribution in [0.15, 0.2) is 18.2 Å². The van der Waals surface area contributed by atoms with E-state index in [-0.39, 0.29) is 34.9 Å². The van der Waals surface area contributed by atoms with Gasteiger partial charge in [-0.2, -0.15) is 0 Å². The summed E-state index contributed by atoms with van der Waals surface area (Å²) in [6.45, 7) is 1.11. The van der Waals surface area contributed by atoms with Crippen LogP contribution in [0.25, 0.3) is 0 Å². The fourth-order valence-corrected chi connectivity index (χ4v) is 2.00. The fraction of sp³-hybridized carbons (Fsp3) is 0.364. The summed E-state index contributed by atoms with van der Waals surface area (Å²) in [5.41, 5.74) is 5.91. The molecule has 6 heteroatoms. The van der Waals surface area contributed by atoms with Crippen molar-refractivity contribution in [2.45, 2.75) is 12.5 Å². The zero-order valence-corrected chi connectivity index (χ0v) is 10.6. The first-order valence-electron chi connectivity index (χ1n) is 5.08. The van der Waals surface area contributed by atoms with Crippen LogP contribution >= 0.6 is 24.0 Å². The molecule has 2 N–H and O–H groups in total. The summed E-state index contributed by atoms with van der Waals surface area (Å²) in [4.78, 5) is 13.6. The quantitative estimate of drug-likeness (QED) is 0.855. The van der Waals surface area contributed by atoms with Crippen LogP contribution in [0, 0.1) is 5.82 Å². The summed E-state index contributed by atoms with van der Waals surface area (Å²) in [5, 5.41) is 0.270. The number of hydrogen-bond acceptors (Lipinski definition) is 2. The van der Waals surface area contributed by atoms with Crippen molar-refractivity contribution in [2.24, 2.45) is 5.73 Å². The van der Waals surface area contributed by atoms with Crippen molar-refractivity contribution < 1.29 is 9.18 Å². The highest BCUT2D eigenvalue weighted by Gasteiger charge is 2.25. The Kier molecular flexibility index (Phi) is 4.74. The second-order valence-corrected chi connectivity index (χ2v) is 4.33. The highest BCUT2D eigenvalue weighted by molar-refractivity contribution is 6.33. The summed E-state index contributed by atoms with van der Waals surface area (Å²) in [5.74, 6) is -0.714. The number of amides is 1. The average molecular weight is 279 g/mol. The lowest BCUT2D eigenvalue weighted by Crippen LogP contribution is -2.32. The number of benzene rings is 1. The zero-order valence-electron chi connectivity index (χ0n) is 9.03. The van der Waals surface area contributed by atoms with Crippen LogP contribution in [-0.2, 0) is 0 Å². The van der Waals surface area contributed by atoms with Crippen LogP contribution in [0.2, 0.25) is 5.02 Å². The van der Waals surface area contributed by atoms with Gasteiger partial charge >= 0.3 is 0 Å². The van der Waals surface area contributed by atoms with E-state index in [1.807, 2.05) is 0 Å². The lowest BCUT2D eigenvalue weighted by Gasteiger charge is -2.16. The number of carbonyl (C=O) groups excluding carboxylic acids is 1. The Labute approximate surface area is 110 Å². The van der Waals surface area contributed by atoms with E-state index in [1.54, 1.807) is 4.90 Å². The monoisotopic (exact) mass is 278 g/mol. The van der Waals surface area contributed by atoms with E-state index in [9.17, 15) is 9.18 Å². The number of nitrogens with zero attached hydrogens (tertiary/aromatic N) is 1. The summed E-state index contributed by atoms with van der Waals surface area (Å²) >= 11 is 5.86. The molecule has 1 heterocycles. The summed E-state index contributed by atoms with van der Waals surface area (Å²) in [6.07, 6.45) is 0.776. The van der Waals surface area contributed by atoms with Crippen LogP contribution in [0.3, 0.4) is 0 Å². The molecule has 1 aromatic rings. The zero-order chi connectivity index (χ0) is 11.7. The molecular weight excluding hydrogens is 266 g/mol. The molecular formula is C11H13Cl2FN2O. The largest absolute Gasteiger partial charge is 0.337 e. The number of rotatable bonds is 1. The third kappa shape index (κ3) is 3.09. The van der Waals surface area contributed by atoms with Gasteiger partial charge in [-0.25, -0.2) is 4.39 Å². The van der Waals surface area contributed by atoms with E-state index in [1.165, 1.54) is 12.1 Å². The number of carbonyl (C=O) groups is 1. The Bertz CT molecular complexity index is 428. The Balaban J connectivity index is 0.00000144. The van der Waals surface area contributed by atoms with Crippen molar-refractivity contribution in [1.29, 1.82) is 0 Å². The maximum atomic E-state index is 13.0. The van der Waals surface area contributed by atoms with Crippen molar-refractivity contribution in [3.63, 3.8) is 0 Å². The molecule has 17 heavy (non-hydrogen) atoms. The molecule has 0 aromatic heterocycles. The molecule has 2 rings (SSSR count). The van der Waals surface area contributed by atoms with Crippen LogP contribution in [-0.4, -0.2) is 29.9 Å². The Morgan fingerprint density at radius 2 is 2.24 bits per heavy atom. The lowest BCUT2D eigenvalue weighted by atomic mass is 10.2. The first-order valence-corrected chi connectivity index (χ1v) is 5.45. The van der Waals surface area contributed by atoms with Crippen LogP contribution in [0.4, 0.5) is 4.39 Å². The van der Waals surface area contributed by atoms with Crippen molar-refractivity contribution in [2.75, 3.05) is 13.1 Å². The van der Waals surface area contributed by atoms with Crippen molar-refractivity contribution in [1.82, 2.24) is 4.90 Å². The maximum absolute atomic E-state index is 13.0. The molecule has 0 bridgehead atoms. The lowest BCUT2D eigenvalue weighted by molar-refractivity contribution is 0.0790. The van der Waals surface area contributed by atoms with Crippen LogP contribution in [0.1, 0.15) is 16.8 Å². The van der Waals surface area contributed by atoms with E-state index in [2.05, 4.69) is 0 Å². The smallest absolute Gasteiger partial charge is 0.255 e. The molecule has 1 saturated heterocycles. The first-order chi connectivity index (χ1) is 7.58. The van der Waals surface area contributed by atoms with Gasteiger partial charge in [-0.3, -0.25) is 4.79 Å². The highest BCUT2D eigenvalue weighted by Crippen LogP contribution is 2.20. The van der Waals surface area contributed by atoms with Gasteiger partial charge in [0.1, 0.15) is 5.82 Å². The van der Waals surface area contributed by atoms with Gasteiger partial charge in [0.15, 0.2) is 0 Å². The molecule has 0 aliphatic carbocycles. The molecule has 3 nitrogen and oxygen atoms in total. The van der Waals surface area contributed by atoms with Gasteiger partial charge in [0.2, 0.25) is 0 Å². The van der Waals surface area contributed by atoms with Gasteiger partial charge in [-0.1, -0.05) is 11.6 Å². The topological polar surface area (TPSA) is 46.3 Å². The highest BCUT2D eigenvalue weighted by atomic mass is 35.5. The van der Waals surface area contributed by atoms with E-state index in [0.717, 1.165) is 12.5 Å². The third-order valence-corrected chi connectivity index (χ3v) is 3.00. The second kappa shape index (κ2) is 5.67. The summed E-state index contributed by atoms with van der Waals surface area (Å²) in [6, 6.07) is 3.79. The standard InChI is InChI=1S/C11H12ClFN2O.ClH/c12-10-2-1-7(13)5-9(10)11(16)15-4-3-8(14)6-15;/h1-2,5,8H,3-4,6,14H2;1H. The number of nitrogens with two attached hydrogens (primary N) is 1. The maximum Gasteiger partial charge on any atom is 0.255 e. The molecule has 1 aliphatic heterocycles. The molecule has 0 radical (unpaired) electrons. The second-order valence-electron chi connectivity index (χ2n) is 3.92. The average Bonchev–Trinajstić information content (AvgIpc) is 2.67. The SMILES string of the molecule is Cl.NC1CCN(C(=O)c2cc(F)ccc2Cl)C1. The molecule has 1 amide bonds. The fourth-order valence-electron chi connectivity index (χ4n) is 1.80. The molecule has 1 atom stereocenters. The molecule has 0 saturated carbocycles. The van der Waals surface area contributed by atoms with Crippen LogP contribution < -0.4 is 5.73 Å². The number of hydrogen-bond donors (Lipinski definition) is 1. The third-order valence-electron chi connectivity index (χ3n) is 2.67. The predicted octanol–water partition coefficient (Wildman–Crippen LogP) is 2.07. The Morgan fingerprint density at radius 1 is 1.53 bits per heavy atom. The minimum absolute atomic E-state index is 0. The van der Waals surface area contributed by atoms with Gasteiger partial charge < -0.3 is 10.6 Å². The van der Waals surface area contributed by atoms with E-state index < -0.39 is 5.82 Å². The minimum atomic E-state index is -0.462. The van der Waals surface area contributed by atoms with E-state index in [0.29, 0.717) is 13.1 Å². The predicted molar refractivity (Wildman–Crippen MR) is 67.2 cm³/mol. The van der Waals surface area contributed by atoms with Gasteiger partial charge in [0.05, 0.1) is 10.6 Å². The molecule has 1 fully saturated rings. The Hall–Kier alpha value is -0.840. The molecule has 1 aromatic carbocycles. The molecule has 0 spiro atoms. The summed E-state index contributed by atoms with van der Waals surface area (Å²) < 4.78 is 13.0. The number of halogens is 3. The summed E-state index contributed by atoms with van der Waals surface area (Å²) in [7, 11) is 0. The van der Waals surface area contributed by atoms with Crippen molar-refractivity contribution in [3.8, 4) is 0 Å². The molecule has 1 aliphatic rings. The molecule has 94 valence electrons. The van der Waals surface area contributed by atoms with Gasteiger partial charge in [0.25, 0.3) is 5.91 Å². The van der Waals surface area contributed by atoms with Gasteiger partial charge in [-0.15, -0.1) is 12.4 Å². The normalized spacial score (nSPS) is 19.0. The van der Waals surface area contributed by atoms with Gasteiger partial charge in [-0.05, 0) is 24.6 Å². The molecule has 1 unspecified atom stereocenters. The van der Waals surface area contributed by atoms with E-state index >= 15 is 0 Å². The van der Waals surface area contributed by atoms with Crippen LogP contribution in [0.5, 0.6) is 0 Å². The number of likely N-dealkylation sites (tertiary alicyclic amines) is 1.